The number of ether oxygens (including phenoxy) is 1. The van der Waals surface area contributed by atoms with Crippen LogP contribution in [0, 0.1) is 0 Å². The Morgan fingerprint density at radius 2 is 2.06 bits per heavy atom. The van der Waals surface area contributed by atoms with Gasteiger partial charge in [0.2, 0.25) is 11.3 Å². The van der Waals surface area contributed by atoms with E-state index in [4.69, 9.17) is 9.29 Å². The Balaban J connectivity index is 1.49. The summed E-state index contributed by atoms with van der Waals surface area (Å²) in [7, 11) is 2.01. The van der Waals surface area contributed by atoms with Gasteiger partial charge in [0.05, 0.1) is 0 Å². The van der Waals surface area contributed by atoms with E-state index < -0.39 is 11.3 Å². The maximum atomic E-state index is 13.0. The van der Waals surface area contributed by atoms with E-state index in [0.29, 0.717) is 30.5 Å². The molecule has 4 rings (SSSR count). The molecule has 0 saturated carbocycles. The number of H-pyrrole nitrogens is 1. The summed E-state index contributed by atoms with van der Waals surface area (Å²) in [4.78, 5) is 21.6. The molecule has 1 amide bonds. The fourth-order valence-electron chi connectivity index (χ4n) is 3.71. The first kappa shape index (κ1) is 23.1. The first-order valence-corrected chi connectivity index (χ1v) is 11.6. The van der Waals surface area contributed by atoms with E-state index in [2.05, 4.69) is 24.8 Å². The smallest absolute Gasteiger partial charge is 0.261 e. The summed E-state index contributed by atoms with van der Waals surface area (Å²) in [5.41, 5.74) is 1.60. The maximum Gasteiger partial charge on any atom is 0.261 e. The van der Waals surface area contributed by atoms with E-state index in [0.717, 1.165) is 17.7 Å². The van der Waals surface area contributed by atoms with Gasteiger partial charge in [0.1, 0.15) is 17.6 Å². The van der Waals surface area contributed by atoms with Gasteiger partial charge < -0.3 is 14.5 Å². The number of carbonyl (C=O) groups is 1. The molecule has 1 aliphatic rings. The summed E-state index contributed by atoms with van der Waals surface area (Å²) in [6.45, 7) is 2.14. The van der Waals surface area contributed by atoms with Gasteiger partial charge >= 0.3 is 0 Å². The molecule has 10 nitrogen and oxygen atoms in total. The van der Waals surface area contributed by atoms with Gasteiger partial charge in [0, 0.05) is 31.7 Å². The monoisotopic (exact) mass is 470 g/mol. The maximum absolute atomic E-state index is 13.0. The number of aromatic amines is 1. The topological polar surface area (TPSA) is 124 Å². The van der Waals surface area contributed by atoms with Crippen molar-refractivity contribution in [2.45, 2.75) is 12.6 Å². The molecule has 0 spiro atoms. The van der Waals surface area contributed by atoms with Crippen LogP contribution in [0.3, 0.4) is 0 Å². The minimum Gasteiger partial charge on any atom is -0.484 e. The second kappa shape index (κ2) is 10.7. The molecular weight excluding hydrogens is 444 g/mol. The van der Waals surface area contributed by atoms with E-state index in [9.17, 15) is 9.00 Å². The van der Waals surface area contributed by atoms with Crippen LogP contribution in [0.15, 0.2) is 54.6 Å². The van der Waals surface area contributed by atoms with E-state index >= 15 is 0 Å². The second-order valence-electron chi connectivity index (χ2n) is 7.78. The van der Waals surface area contributed by atoms with Crippen molar-refractivity contribution < 1.29 is 18.3 Å². The molecule has 2 unspecified atom stereocenters. The standard InChI is InChI=1S/C22H26N6O4S/c1-27-10-11-28(20(29)15-32-18-8-3-2-4-9-18)19(14-27)22-24-21(25-26-22)17-7-5-6-16(12-17)13-23-33(30)31/h2-9,12,19,23H,10-11,13-15H2,1H3,(H,30,31)(H,24,25,26). The number of nitrogens with one attached hydrogen (secondary N) is 2. The summed E-state index contributed by atoms with van der Waals surface area (Å²) in [6.07, 6.45) is 0. The van der Waals surface area contributed by atoms with E-state index in [1.807, 2.05) is 61.6 Å². The zero-order valence-electron chi connectivity index (χ0n) is 18.2. The number of hydrogen-bond acceptors (Lipinski definition) is 6. The summed E-state index contributed by atoms with van der Waals surface area (Å²) in [6, 6.07) is 16.4. The van der Waals surface area contributed by atoms with Crippen LogP contribution < -0.4 is 9.46 Å². The molecule has 2 aromatic carbocycles. The molecule has 2 atom stereocenters. The zero-order valence-corrected chi connectivity index (χ0v) is 19.0. The van der Waals surface area contributed by atoms with Gasteiger partial charge in [0.15, 0.2) is 12.4 Å². The van der Waals surface area contributed by atoms with Crippen LogP contribution in [-0.2, 0) is 22.6 Å². The van der Waals surface area contributed by atoms with E-state index in [1.54, 1.807) is 4.90 Å². The molecule has 33 heavy (non-hydrogen) atoms. The number of carbonyl (C=O) groups excluding carboxylic acids is 1. The number of hydrogen-bond donors (Lipinski definition) is 3. The number of benzene rings is 2. The van der Waals surface area contributed by atoms with Gasteiger partial charge in [-0.25, -0.2) is 13.9 Å². The minimum atomic E-state index is -2.08. The number of amides is 1. The summed E-state index contributed by atoms with van der Waals surface area (Å²) < 4.78 is 27.9. The summed E-state index contributed by atoms with van der Waals surface area (Å²) >= 11 is -2.08. The summed E-state index contributed by atoms with van der Waals surface area (Å²) in [5.74, 6) is 1.64. The number of para-hydroxylation sites is 1. The van der Waals surface area contributed by atoms with Crippen LogP contribution in [0.1, 0.15) is 17.4 Å². The van der Waals surface area contributed by atoms with Gasteiger partial charge in [-0.15, -0.1) is 0 Å². The number of rotatable bonds is 8. The second-order valence-corrected chi connectivity index (χ2v) is 8.57. The van der Waals surface area contributed by atoms with Crippen molar-refractivity contribution in [2.24, 2.45) is 0 Å². The molecule has 1 saturated heterocycles. The van der Waals surface area contributed by atoms with Crippen LogP contribution >= 0.6 is 0 Å². The molecule has 3 N–H and O–H groups in total. The van der Waals surface area contributed by atoms with Gasteiger partial charge in [-0.05, 0) is 30.8 Å². The van der Waals surface area contributed by atoms with Crippen molar-refractivity contribution in [2.75, 3.05) is 33.3 Å². The van der Waals surface area contributed by atoms with Gasteiger partial charge in [-0.2, -0.15) is 5.10 Å². The van der Waals surface area contributed by atoms with Crippen LogP contribution in [0.25, 0.3) is 11.4 Å². The molecule has 0 bridgehead atoms. The zero-order chi connectivity index (χ0) is 23.2. The molecule has 1 aromatic heterocycles. The Labute approximate surface area is 194 Å². The summed E-state index contributed by atoms with van der Waals surface area (Å²) in [5, 5.41) is 7.35. The van der Waals surface area contributed by atoms with E-state index in [1.165, 1.54) is 0 Å². The average molecular weight is 471 g/mol. The highest BCUT2D eigenvalue weighted by Gasteiger charge is 2.33. The molecule has 11 heteroatoms. The lowest BCUT2D eigenvalue weighted by Crippen LogP contribution is -2.50. The van der Waals surface area contributed by atoms with Crippen LogP contribution in [0.4, 0.5) is 0 Å². The highest BCUT2D eigenvalue weighted by Crippen LogP contribution is 2.25. The Morgan fingerprint density at radius 3 is 2.85 bits per heavy atom. The van der Waals surface area contributed by atoms with Crippen molar-refractivity contribution in [1.29, 1.82) is 0 Å². The fourth-order valence-corrected chi connectivity index (χ4v) is 4.00. The van der Waals surface area contributed by atoms with Crippen molar-refractivity contribution in [3.05, 3.63) is 66.0 Å². The SMILES string of the molecule is CN1CCN(C(=O)COc2ccccc2)C(c2nc(-c3cccc(CNS(=O)O)c3)n[nH]2)C1. The predicted molar refractivity (Wildman–Crippen MR) is 123 cm³/mol. The van der Waals surface area contributed by atoms with Crippen molar-refractivity contribution >= 4 is 17.2 Å². The van der Waals surface area contributed by atoms with Crippen molar-refractivity contribution in [3.8, 4) is 17.1 Å². The third kappa shape index (κ3) is 6.02. The number of piperazine rings is 1. The van der Waals surface area contributed by atoms with Gasteiger partial charge in [-0.1, -0.05) is 36.4 Å². The highest BCUT2D eigenvalue weighted by molar-refractivity contribution is 7.77. The number of aromatic nitrogens is 3. The van der Waals surface area contributed by atoms with Crippen LogP contribution in [0.5, 0.6) is 5.75 Å². The molecule has 0 aliphatic carbocycles. The lowest BCUT2D eigenvalue weighted by Gasteiger charge is -2.38. The Bertz CT molecular complexity index is 1110. The van der Waals surface area contributed by atoms with E-state index in [-0.39, 0.29) is 25.1 Å². The Kier molecular flexibility index (Phi) is 7.45. The predicted octanol–water partition coefficient (Wildman–Crippen LogP) is 1.59. The van der Waals surface area contributed by atoms with Crippen molar-refractivity contribution in [3.63, 3.8) is 0 Å². The molecule has 1 fully saturated rings. The fraction of sp³-hybridized carbons (Fsp3) is 0.318. The molecule has 0 radical (unpaired) electrons. The third-order valence-corrected chi connectivity index (χ3v) is 5.80. The molecule has 2 heterocycles. The van der Waals surface area contributed by atoms with Crippen molar-refractivity contribution in [1.82, 2.24) is 29.7 Å². The average Bonchev–Trinajstić information content (AvgIpc) is 3.32. The molecular formula is C22H26N6O4S. The number of nitrogens with zero attached hydrogens (tertiary/aromatic N) is 4. The van der Waals surface area contributed by atoms with Gasteiger partial charge in [-0.3, -0.25) is 14.4 Å². The first-order chi connectivity index (χ1) is 16.0. The minimum absolute atomic E-state index is 0.0491. The van der Waals surface area contributed by atoms with Crippen LogP contribution in [0.2, 0.25) is 0 Å². The molecule has 174 valence electrons. The third-order valence-electron chi connectivity index (χ3n) is 5.41. The Morgan fingerprint density at radius 1 is 1.24 bits per heavy atom. The number of likely N-dealkylation sites (N-methyl/N-ethyl adjacent to an activating group) is 1. The lowest BCUT2D eigenvalue weighted by atomic mass is 10.1. The lowest BCUT2D eigenvalue weighted by molar-refractivity contribution is -0.138. The first-order valence-electron chi connectivity index (χ1n) is 10.5. The van der Waals surface area contributed by atoms with Gasteiger partial charge in [0.25, 0.3) is 5.91 Å². The Hall–Kier alpha value is -3.12. The largest absolute Gasteiger partial charge is 0.484 e. The normalized spacial score (nSPS) is 17.6. The highest BCUT2D eigenvalue weighted by atomic mass is 32.2. The quantitative estimate of drug-likeness (QED) is 0.427. The molecule has 1 aliphatic heterocycles. The molecule has 3 aromatic rings. The van der Waals surface area contributed by atoms with Crippen LogP contribution in [-0.4, -0.2) is 72.9 Å².